The average molecular weight is 774 g/mol. The van der Waals surface area contributed by atoms with Crippen molar-refractivity contribution in [3.8, 4) is 0 Å². The van der Waals surface area contributed by atoms with Gasteiger partial charge < -0.3 is 44.9 Å². The van der Waals surface area contributed by atoms with Crippen LogP contribution in [0.15, 0.2) is 48.5 Å². The number of aromatic nitrogens is 3. The zero-order valence-electron chi connectivity index (χ0n) is 31.7. The second-order valence-corrected chi connectivity index (χ2v) is 13.6. The predicted molar refractivity (Wildman–Crippen MR) is 192 cm³/mol. The lowest BCUT2D eigenvalue weighted by Gasteiger charge is -2.26. The lowest BCUT2D eigenvalue weighted by Crippen LogP contribution is -2.44. The smallest absolute Gasteiger partial charge is 0.269 e. The van der Waals surface area contributed by atoms with Gasteiger partial charge in [0.25, 0.3) is 5.91 Å². The maximum atomic E-state index is 12.3. The summed E-state index contributed by atoms with van der Waals surface area (Å²) in [6, 6.07) is 14.5. The SMILES string of the molecule is CCc1cc(CN2CCN(Cc3cccc(CN(CC(=O)[O-])CC(=O)[O-])n3)CCN(Cc3cccc(C(=O)NC)n3)CC2)nc(CN(CC(=O)[O-])CC(=O)[O-])c1. The molecule has 302 valence electrons. The zero-order valence-corrected chi connectivity index (χ0v) is 31.7. The second-order valence-electron chi connectivity index (χ2n) is 13.6. The molecule has 0 spiro atoms. The van der Waals surface area contributed by atoms with Gasteiger partial charge in [-0.3, -0.25) is 39.3 Å². The Morgan fingerprint density at radius 3 is 1.45 bits per heavy atom. The van der Waals surface area contributed by atoms with Gasteiger partial charge >= 0.3 is 0 Å². The molecular weight excluding hydrogens is 726 g/mol. The molecule has 1 aliphatic heterocycles. The average Bonchev–Trinajstić information content (AvgIpc) is 3.21. The van der Waals surface area contributed by atoms with Gasteiger partial charge in [0.2, 0.25) is 0 Å². The van der Waals surface area contributed by atoms with E-state index in [2.05, 4.69) is 25.0 Å². The Bertz CT molecular complexity index is 1800. The Hall–Kier alpha value is -5.40. The number of pyridine rings is 3. The maximum Gasteiger partial charge on any atom is 0.269 e. The van der Waals surface area contributed by atoms with E-state index in [1.54, 1.807) is 31.3 Å². The summed E-state index contributed by atoms with van der Waals surface area (Å²) in [5.74, 6) is -5.92. The number of amides is 1. The van der Waals surface area contributed by atoms with Crippen molar-refractivity contribution in [2.45, 2.75) is 46.1 Å². The molecule has 0 atom stereocenters. The molecule has 3 aromatic heterocycles. The topological polar surface area (TPSA) is 244 Å². The molecule has 18 heteroatoms. The van der Waals surface area contributed by atoms with Gasteiger partial charge in [-0.25, -0.2) is 4.98 Å². The lowest BCUT2D eigenvalue weighted by molar-refractivity contribution is -0.313. The standard InChI is InChI=1S/C38H51N9O9/c1-3-27-16-31(41-32(17-27)22-47(25-36(52)53)26-37(54)55)21-45-14-12-43(10-11-44(13-15-45)19-30-8-5-9-33(42-30)38(56)39-2)18-28-6-4-7-29(40-28)20-46(23-34(48)49)24-35(50)51/h4-9,16-17H,3,10-15,18-26H2,1-2H3,(H,39,56)(H,48,49)(H,50,51)(H,52,53)(H,54,55)/p-4. The molecular formula is C38H47N9O9-4. The van der Waals surface area contributed by atoms with Crippen LogP contribution >= 0.6 is 0 Å². The number of carbonyl (C=O) groups excluding carboxylic acids is 5. The van der Waals surface area contributed by atoms with Crippen LogP contribution in [0.1, 0.15) is 51.4 Å². The number of nitrogens with zero attached hydrogens (tertiary/aromatic N) is 8. The molecule has 0 bridgehead atoms. The molecule has 4 heterocycles. The van der Waals surface area contributed by atoms with Gasteiger partial charge in [-0.2, -0.15) is 0 Å². The van der Waals surface area contributed by atoms with E-state index in [9.17, 15) is 44.4 Å². The number of aliphatic carboxylic acids is 4. The maximum absolute atomic E-state index is 12.3. The summed E-state index contributed by atoms with van der Waals surface area (Å²) >= 11 is 0. The summed E-state index contributed by atoms with van der Waals surface area (Å²) in [6.07, 6.45) is 0.678. The van der Waals surface area contributed by atoms with Crippen LogP contribution in [-0.2, 0) is 58.3 Å². The van der Waals surface area contributed by atoms with Crippen molar-refractivity contribution in [1.82, 2.24) is 44.8 Å². The summed E-state index contributed by atoms with van der Waals surface area (Å²) in [5.41, 5.74) is 4.49. The summed E-state index contributed by atoms with van der Waals surface area (Å²) in [6.45, 7) is 4.86. The molecule has 0 radical (unpaired) electrons. The number of rotatable bonds is 20. The van der Waals surface area contributed by atoms with E-state index < -0.39 is 50.1 Å². The number of carbonyl (C=O) groups is 5. The van der Waals surface area contributed by atoms with Gasteiger partial charge in [0.1, 0.15) is 5.69 Å². The monoisotopic (exact) mass is 773 g/mol. The van der Waals surface area contributed by atoms with E-state index >= 15 is 0 Å². The van der Waals surface area contributed by atoms with Crippen LogP contribution in [-0.4, -0.2) is 142 Å². The fourth-order valence-corrected chi connectivity index (χ4v) is 6.48. The molecule has 0 aliphatic carbocycles. The van der Waals surface area contributed by atoms with E-state index in [0.29, 0.717) is 88.1 Å². The van der Waals surface area contributed by atoms with E-state index in [4.69, 9.17) is 9.97 Å². The first-order valence-electron chi connectivity index (χ1n) is 18.3. The van der Waals surface area contributed by atoms with Crippen LogP contribution in [0.3, 0.4) is 0 Å². The number of carboxylic acids is 4. The van der Waals surface area contributed by atoms with E-state index in [1.165, 1.54) is 9.80 Å². The van der Waals surface area contributed by atoms with Crippen molar-refractivity contribution in [2.24, 2.45) is 0 Å². The van der Waals surface area contributed by atoms with E-state index in [-0.39, 0.29) is 19.0 Å². The third-order valence-corrected chi connectivity index (χ3v) is 9.07. The van der Waals surface area contributed by atoms with Crippen molar-refractivity contribution >= 4 is 29.8 Å². The van der Waals surface area contributed by atoms with E-state index in [0.717, 1.165) is 17.0 Å². The number of hydrogen-bond acceptors (Lipinski definition) is 17. The van der Waals surface area contributed by atoms with Crippen molar-refractivity contribution in [3.05, 3.63) is 88.3 Å². The Morgan fingerprint density at radius 2 is 0.982 bits per heavy atom. The van der Waals surface area contributed by atoms with Gasteiger partial charge in [-0.05, 0) is 48.4 Å². The lowest BCUT2D eigenvalue weighted by atomic mass is 10.1. The van der Waals surface area contributed by atoms with Crippen molar-refractivity contribution < 1.29 is 44.4 Å². The number of carboxylic acid groups (broad SMARTS) is 4. The van der Waals surface area contributed by atoms with Crippen molar-refractivity contribution in [2.75, 3.05) is 72.5 Å². The van der Waals surface area contributed by atoms with Gasteiger partial charge in [0.15, 0.2) is 0 Å². The quantitative estimate of drug-likeness (QED) is 0.113. The largest absolute Gasteiger partial charge is 0.549 e. The molecule has 0 saturated carbocycles. The Morgan fingerprint density at radius 1 is 0.589 bits per heavy atom. The highest BCUT2D eigenvalue weighted by atomic mass is 16.4. The first-order valence-corrected chi connectivity index (χ1v) is 18.3. The molecule has 56 heavy (non-hydrogen) atoms. The highest BCUT2D eigenvalue weighted by Gasteiger charge is 2.20. The minimum atomic E-state index is -1.41. The molecule has 1 saturated heterocycles. The van der Waals surface area contributed by atoms with Gasteiger partial charge in [0, 0.05) is 105 Å². The minimum Gasteiger partial charge on any atom is -0.549 e. The molecule has 1 fully saturated rings. The summed E-state index contributed by atoms with van der Waals surface area (Å²) in [5, 5.41) is 47.7. The van der Waals surface area contributed by atoms with Crippen LogP contribution in [0.5, 0.6) is 0 Å². The zero-order chi connectivity index (χ0) is 40.6. The highest BCUT2D eigenvalue weighted by molar-refractivity contribution is 5.92. The normalized spacial score (nSPS) is 14.6. The summed E-state index contributed by atoms with van der Waals surface area (Å²) in [7, 11) is 1.55. The predicted octanol–water partition coefficient (Wildman–Crippen LogP) is -4.78. The van der Waals surface area contributed by atoms with Gasteiger partial charge in [-0.1, -0.05) is 19.1 Å². The Labute approximate surface area is 325 Å². The van der Waals surface area contributed by atoms with Crippen LogP contribution in [0.25, 0.3) is 0 Å². The molecule has 1 N–H and O–H groups in total. The molecule has 0 unspecified atom stereocenters. The van der Waals surface area contributed by atoms with E-state index in [1.807, 2.05) is 31.2 Å². The van der Waals surface area contributed by atoms with Crippen LogP contribution in [0.4, 0.5) is 0 Å². The third-order valence-electron chi connectivity index (χ3n) is 9.07. The molecule has 4 rings (SSSR count). The minimum absolute atomic E-state index is 0.0172. The third kappa shape index (κ3) is 15.0. The van der Waals surface area contributed by atoms with Crippen LogP contribution in [0.2, 0.25) is 0 Å². The number of hydrogen-bond donors (Lipinski definition) is 1. The first-order chi connectivity index (χ1) is 26.8. The summed E-state index contributed by atoms with van der Waals surface area (Å²) < 4.78 is 0. The molecule has 18 nitrogen and oxygen atoms in total. The second kappa shape index (κ2) is 21.6. The fraction of sp³-hybridized carbons (Fsp3) is 0.474. The number of aryl methyl sites for hydroxylation is 1. The van der Waals surface area contributed by atoms with Crippen LogP contribution in [0, 0.1) is 0 Å². The van der Waals surface area contributed by atoms with Crippen LogP contribution < -0.4 is 25.7 Å². The molecule has 1 aliphatic rings. The molecule has 1 amide bonds. The first kappa shape index (κ1) is 43.3. The van der Waals surface area contributed by atoms with Crippen molar-refractivity contribution in [1.29, 1.82) is 0 Å². The number of nitrogens with one attached hydrogen (secondary N) is 1. The molecule has 3 aromatic rings. The van der Waals surface area contributed by atoms with Crippen molar-refractivity contribution in [3.63, 3.8) is 0 Å². The highest BCUT2D eigenvalue weighted by Crippen LogP contribution is 2.15. The molecule has 0 aromatic carbocycles. The Balaban J connectivity index is 1.57. The van der Waals surface area contributed by atoms with Gasteiger partial charge in [-0.15, -0.1) is 0 Å². The Kier molecular flexibility index (Phi) is 16.7. The fourth-order valence-electron chi connectivity index (χ4n) is 6.48. The summed E-state index contributed by atoms with van der Waals surface area (Å²) in [4.78, 5) is 80.6. The van der Waals surface area contributed by atoms with Gasteiger partial charge in [0.05, 0.1) is 52.3 Å².